The monoisotopic (exact) mass is 289 g/mol. The highest BCUT2D eigenvalue weighted by Gasteiger charge is 2.24. The molecule has 0 aliphatic heterocycles. The van der Waals surface area contributed by atoms with Gasteiger partial charge in [-0.15, -0.1) is 0 Å². The van der Waals surface area contributed by atoms with Crippen LogP contribution in [-0.2, 0) is 4.79 Å². The van der Waals surface area contributed by atoms with Crippen LogP contribution in [0.25, 0.3) is 0 Å². The molecule has 1 aromatic rings. The van der Waals surface area contributed by atoms with Gasteiger partial charge in [0.2, 0.25) is 0 Å². The van der Waals surface area contributed by atoms with Crippen LogP contribution in [0.5, 0.6) is 0 Å². The van der Waals surface area contributed by atoms with Crippen molar-refractivity contribution in [2.45, 2.75) is 19.9 Å². The van der Waals surface area contributed by atoms with Gasteiger partial charge in [0.25, 0.3) is 0 Å². The fraction of sp³-hybridized carbons (Fsp3) is 0.400. The van der Waals surface area contributed by atoms with Gasteiger partial charge in [-0.1, -0.05) is 30.3 Å². The van der Waals surface area contributed by atoms with Crippen molar-refractivity contribution in [1.29, 1.82) is 5.26 Å². The van der Waals surface area contributed by atoms with Gasteiger partial charge in [0.15, 0.2) is 6.04 Å². The summed E-state index contributed by atoms with van der Waals surface area (Å²) in [5.74, 6) is -1.44. The SMILES string of the molecule is CCN(CC(C)C#N)C(=O)N[C@@H](C(=O)O)c1ccccc1. The molecule has 1 rings (SSSR count). The number of benzene rings is 1. The molecule has 1 unspecified atom stereocenters. The molecular formula is C15H19N3O3. The molecule has 21 heavy (non-hydrogen) atoms. The van der Waals surface area contributed by atoms with E-state index in [-0.39, 0.29) is 12.5 Å². The molecule has 6 heteroatoms. The van der Waals surface area contributed by atoms with Gasteiger partial charge in [0.1, 0.15) is 0 Å². The third-order valence-electron chi connectivity index (χ3n) is 3.03. The molecule has 0 aliphatic carbocycles. The van der Waals surface area contributed by atoms with Crippen LogP contribution in [0.15, 0.2) is 30.3 Å². The smallest absolute Gasteiger partial charge is 0.330 e. The Hall–Kier alpha value is -2.55. The van der Waals surface area contributed by atoms with E-state index in [2.05, 4.69) is 11.4 Å². The van der Waals surface area contributed by atoms with Gasteiger partial charge >= 0.3 is 12.0 Å². The van der Waals surface area contributed by atoms with E-state index >= 15 is 0 Å². The van der Waals surface area contributed by atoms with E-state index in [4.69, 9.17) is 5.26 Å². The van der Waals surface area contributed by atoms with Crippen LogP contribution in [0.1, 0.15) is 25.5 Å². The molecular weight excluding hydrogens is 270 g/mol. The predicted molar refractivity (Wildman–Crippen MR) is 77.4 cm³/mol. The van der Waals surface area contributed by atoms with Crippen LogP contribution in [0.4, 0.5) is 4.79 Å². The van der Waals surface area contributed by atoms with Crippen LogP contribution < -0.4 is 5.32 Å². The van der Waals surface area contributed by atoms with Crippen molar-refractivity contribution >= 4 is 12.0 Å². The number of aliphatic carboxylic acids is 1. The highest BCUT2D eigenvalue weighted by atomic mass is 16.4. The van der Waals surface area contributed by atoms with Crippen LogP contribution in [0.3, 0.4) is 0 Å². The zero-order valence-corrected chi connectivity index (χ0v) is 12.1. The lowest BCUT2D eigenvalue weighted by molar-refractivity contribution is -0.139. The summed E-state index contributed by atoms with van der Waals surface area (Å²) in [4.78, 5) is 24.9. The third-order valence-corrected chi connectivity index (χ3v) is 3.03. The second-order valence-corrected chi connectivity index (χ2v) is 4.70. The number of nitrogens with zero attached hydrogens (tertiary/aromatic N) is 2. The van der Waals surface area contributed by atoms with Gasteiger partial charge in [-0.25, -0.2) is 9.59 Å². The average Bonchev–Trinajstić information content (AvgIpc) is 2.50. The van der Waals surface area contributed by atoms with E-state index in [0.29, 0.717) is 12.1 Å². The van der Waals surface area contributed by atoms with Gasteiger partial charge in [-0.3, -0.25) is 0 Å². The highest BCUT2D eigenvalue weighted by molar-refractivity contribution is 5.83. The van der Waals surface area contributed by atoms with Crippen LogP contribution in [0, 0.1) is 17.2 Å². The lowest BCUT2D eigenvalue weighted by Crippen LogP contribution is -2.45. The van der Waals surface area contributed by atoms with Gasteiger partial charge in [-0.05, 0) is 19.4 Å². The minimum atomic E-state index is -1.13. The molecule has 0 aromatic heterocycles. The molecule has 2 atom stereocenters. The van der Waals surface area contributed by atoms with Crippen molar-refractivity contribution in [1.82, 2.24) is 10.2 Å². The maximum atomic E-state index is 12.2. The van der Waals surface area contributed by atoms with E-state index in [1.807, 2.05) is 0 Å². The predicted octanol–water partition coefficient (Wildman–Crippen LogP) is 2.00. The molecule has 0 radical (unpaired) electrons. The number of carboxylic acids is 1. The summed E-state index contributed by atoms with van der Waals surface area (Å²) in [5.41, 5.74) is 0.503. The standard InChI is InChI=1S/C15H19N3O3/c1-3-18(10-11(2)9-16)15(21)17-13(14(19)20)12-7-5-4-6-8-12/h4-8,11,13H,3,10H2,1-2H3,(H,17,21)(H,19,20)/t11?,13-/m1/s1. The van der Waals surface area contributed by atoms with E-state index < -0.39 is 18.0 Å². The average molecular weight is 289 g/mol. The number of amides is 2. The molecule has 2 N–H and O–H groups in total. The lowest BCUT2D eigenvalue weighted by atomic mass is 10.1. The van der Waals surface area contributed by atoms with Crippen molar-refractivity contribution in [3.05, 3.63) is 35.9 Å². The number of nitrogens with one attached hydrogen (secondary N) is 1. The maximum Gasteiger partial charge on any atom is 0.330 e. The molecule has 0 saturated carbocycles. The Morgan fingerprint density at radius 1 is 1.38 bits per heavy atom. The van der Waals surface area contributed by atoms with Gasteiger partial charge < -0.3 is 15.3 Å². The summed E-state index contributed by atoms with van der Waals surface area (Å²) in [5, 5.41) is 20.6. The molecule has 0 aliphatic rings. The summed E-state index contributed by atoms with van der Waals surface area (Å²) in [6.45, 7) is 4.16. The van der Waals surface area contributed by atoms with Gasteiger partial charge in [-0.2, -0.15) is 5.26 Å². The number of urea groups is 1. The number of hydrogen-bond acceptors (Lipinski definition) is 3. The summed E-state index contributed by atoms with van der Waals surface area (Å²) in [6, 6.07) is 8.96. The summed E-state index contributed by atoms with van der Waals surface area (Å²) < 4.78 is 0. The van der Waals surface area contributed by atoms with Crippen LogP contribution in [-0.4, -0.2) is 35.1 Å². The Bertz CT molecular complexity index is 525. The quantitative estimate of drug-likeness (QED) is 0.837. The zero-order chi connectivity index (χ0) is 15.8. The molecule has 112 valence electrons. The number of carboxylic acid groups (broad SMARTS) is 1. The van der Waals surface area contributed by atoms with Crippen molar-refractivity contribution in [3.8, 4) is 6.07 Å². The molecule has 0 bridgehead atoms. The Kier molecular flexibility index (Phi) is 6.21. The fourth-order valence-corrected chi connectivity index (χ4v) is 1.87. The minimum Gasteiger partial charge on any atom is -0.479 e. The van der Waals surface area contributed by atoms with Gasteiger partial charge in [0, 0.05) is 13.1 Å². The minimum absolute atomic E-state index is 0.264. The lowest BCUT2D eigenvalue weighted by Gasteiger charge is -2.24. The van der Waals surface area contributed by atoms with E-state index in [0.717, 1.165) is 0 Å². The second-order valence-electron chi connectivity index (χ2n) is 4.70. The van der Waals surface area contributed by atoms with Crippen LogP contribution >= 0.6 is 0 Å². The highest BCUT2D eigenvalue weighted by Crippen LogP contribution is 2.13. The Morgan fingerprint density at radius 2 is 2.00 bits per heavy atom. The fourth-order valence-electron chi connectivity index (χ4n) is 1.87. The number of hydrogen-bond donors (Lipinski definition) is 2. The third kappa shape index (κ3) is 4.80. The summed E-state index contributed by atoms with van der Waals surface area (Å²) in [6.07, 6.45) is 0. The Balaban J connectivity index is 2.82. The molecule has 0 spiro atoms. The largest absolute Gasteiger partial charge is 0.479 e. The molecule has 1 aromatic carbocycles. The molecule has 2 amide bonds. The maximum absolute atomic E-state index is 12.2. The number of carbonyl (C=O) groups excluding carboxylic acids is 1. The van der Waals surface area contributed by atoms with Crippen molar-refractivity contribution in [2.75, 3.05) is 13.1 Å². The molecule has 0 heterocycles. The first-order valence-corrected chi connectivity index (χ1v) is 6.72. The second kappa shape index (κ2) is 7.90. The number of carbonyl (C=O) groups is 2. The van der Waals surface area contributed by atoms with E-state index in [1.54, 1.807) is 44.2 Å². The van der Waals surface area contributed by atoms with Crippen molar-refractivity contribution < 1.29 is 14.7 Å². The topological polar surface area (TPSA) is 93.4 Å². The number of nitriles is 1. The van der Waals surface area contributed by atoms with Crippen LogP contribution in [0.2, 0.25) is 0 Å². The first-order chi connectivity index (χ1) is 9.99. The van der Waals surface area contributed by atoms with Crippen molar-refractivity contribution in [2.24, 2.45) is 5.92 Å². The van der Waals surface area contributed by atoms with E-state index in [1.165, 1.54) is 4.90 Å². The van der Waals surface area contributed by atoms with E-state index in [9.17, 15) is 14.7 Å². The molecule has 6 nitrogen and oxygen atoms in total. The summed E-state index contributed by atoms with van der Waals surface area (Å²) in [7, 11) is 0. The summed E-state index contributed by atoms with van der Waals surface area (Å²) >= 11 is 0. The molecule has 0 fully saturated rings. The molecule has 0 saturated heterocycles. The first kappa shape index (κ1) is 16.5. The number of rotatable bonds is 6. The Labute approximate surface area is 124 Å². The normalized spacial score (nSPS) is 12.8. The first-order valence-electron chi connectivity index (χ1n) is 6.72. The van der Waals surface area contributed by atoms with Crippen molar-refractivity contribution in [3.63, 3.8) is 0 Å². The zero-order valence-electron chi connectivity index (χ0n) is 12.1. The van der Waals surface area contributed by atoms with Gasteiger partial charge in [0.05, 0.1) is 12.0 Å². The Morgan fingerprint density at radius 3 is 2.48 bits per heavy atom.